The lowest BCUT2D eigenvalue weighted by atomic mass is 10.4. The van der Waals surface area contributed by atoms with Crippen LogP contribution in [0.15, 0.2) is 30.9 Å². The Morgan fingerprint density at radius 3 is 3.06 bits per heavy atom. The third-order valence-electron chi connectivity index (χ3n) is 2.66. The van der Waals surface area contributed by atoms with Gasteiger partial charge in [0.25, 0.3) is 0 Å². The second kappa shape index (κ2) is 3.92. The predicted octanol–water partition coefficient (Wildman–Crippen LogP) is 1.48. The maximum absolute atomic E-state index is 4.19. The lowest BCUT2D eigenvalue weighted by molar-refractivity contribution is 0.834. The first-order chi connectivity index (χ1) is 7.92. The summed E-state index contributed by atoms with van der Waals surface area (Å²) >= 11 is 0. The van der Waals surface area contributed by atoms with Gasteiger partial charge in [-0.05, 0) is 24.8 Å². The Balaban J connectivity index is 1.76. The standard InChI is InChI=1S/C11H13N5/c1-4-15-16(5-1)11-6-10(13-8-14-11)12-7-9-2-3-9/h1,4-6,8-9H,2-3,7H2,(H,12,13,14). The van der Waals surface area contributed by atoms with Crippen molar-refractivity contribution in [1.82, 2.24) is 19.7 Å². The molecule has 0 amide bonds. The number of nitrogens with one attached hydrogen (secondary N) is 1. The zero-order valence-electron chi connectivity index (χ0n) is 8.87. The molecule has 1 fully saturated rings. The molecule has 5 heteroatoms. The topological polar surface area (TPSA) is 55.6 Å². The van der Waals surface area contributed by atoms with Crippen LogP contribution >= 0.6 is 0 Å². The molecule has 1 N–H and O–H groups in total. The quantitative estimate of drug-likeness (QED) is 0.839. The minimum absolute atomic E-state index is 0.790. The van der Waals surface area contributed by atoms with Crippen LogP contribution in [-0.2, 0) is 0 Å². The molecule has 0 saturated heterocycles. The minimum atomic E-state index is 0.790. The van der Waals surface area contributed by atoms with Gasteiger partial charge in [0.05, 0.1) is 0 Å². The fraction of sp³-hybridized carbons (Fsp3) is 0.364. The van der Waals surface area contributed by atoms with Crippen LogP contribution in [-0.4, -0.2) is 26.3 Å². The molecule has 0 radical (unpaired) electrons. The van der Waals surface area contributed by atoms with E-state index in [0.29, 0.717) is 0 Å². The second-order valence-corrected chi connectivity index (χ2v) is 4.04. The maximum atomic E-state index is 4.19. The molecule has 3 rings (SSSR count). The normalized spacial score (nSPS) is 15.0. The van der Waals surface area contributed by atoms with Crippen molar-refractivity contribution in [3.8, 4) is 5.82 Å². The van der Waals surface area contributed by atoms with Crippen LogP contribution in [0, 0.1) is 5.92 Å². The zero-order valence-corrected chi connectivity index (χ0v) is 8.87. The Morgan fingerprint density at radius 1 is 1.38 bits per heavy atom. The van der Waals surface area contributed by atoms with Crippen LogP contribution in [0.4, 0.5) is 5.82 Å². The number of nitrogens with zero attached hydrogens (tertiary/aromatic N) is 4. The van der Waals surface area contributed by atoms with Gasteiger partial charge in [0.15, 0.2) is 5.82 Å². The van der Waals surface area contributed by atoms with Crippen LogP contribution in [0.1, 0.15) is 12.8 Å². The fourth-order valence-corrected chi connectivity index (χ4v) is 1.54. The van der Waals surface area contributed by atoms with Gasteiger partial charge < -0.3 is 5.32 Å². The van der Waals surface area contributed by atoms with Crippen molar-refractivity contribution in [2.45, 2.75) is 12.8 Å². The summed E-state index contributed by atoms with van der Waals surface area (Å²) in [4.78, 5) is 8.36. The molecular formula is C11H13N5. The number of rotatable bonds is 4. The van der Waals surface area contributed by atoms with Gasteiger partial charge in [-0.1, -0.05) is 0 Å². The Bertz CT molecular complexity index is 461. The third kappa shape index (κ3) is 2.03. The summed E-state index contributed by atoms with van der Waals surface area (Å²) in [6, 6.07) is 3.79. The van der Waals surface area contributed by atoms with E-state index >= 15 is 0 Å². The first-order valence-electron chi connectivity index (χ1n) is 5.48. The molecule has 2 aromatic rings. The van der Waals surface area contributed by atoms with E-state index in [2.05, 4.69) is 20.4 Å². The first kappa shape index (κ1) is 9.33. The van der Waals surface area contributed by atoms with E-state index in [1.807, 2.05) is 18.3 Å². The van der Waals surface area contributed by atoms with Gasteiger partial charge in [-0.25, -0.2) is 14.6 Å². The highest BCUT2D eigenvalue weighted by Crippen LogP contribution is 2.28. The van der Waals surface area contributed by atoms with Crippen molar-refractivity contribution in [2.24, 2.45) is 5.92 Å². The smallest absolute Gasteiger partial charge is 0.158 e. The summed E-state index contributed by atoms with van der Waals surface area (Å²) in [5, 5.41) is 7.45. The molecule has 0 spiro atoms. The van der Waals surface area contributed by atoms with Gasteiger partial charge in [0, 0.05) is 25.0 Å². The Morgan fingerprint density at radius 2 is 2.31 bits per heavy atom. The van der Waals surface area contributed by atoms with Gasteiger partial charge in [0.1, 0.15) is 12.1 Å². The lowest BCUT2D eigenvalue weighted by Gasteiger charge is -2.05. The third-order valence-corrected chi connectivity index (χ3v) is 2.66. The summed E-state index contributed by atoms with van der Waals surface area (Å²) in [5.74, 6) is 2.49. The molecule has 1 aliphatic carbocycles. The Kier molecular flexibility index (Phi) is 2.29. The number of aromatic nitrogens is 4. The fourth-order valence-electron chi connectivity index (χ4n) is 1.54. The van der Waals surface area contributed by atoms with Crippen molar-refractivity contribution in [1.29, 1.82) is 0 Å². The molecule has 2 heterocycles. The number of hydrogen-bond donors (Lipinski definition) is 1. The SMILES string of the molecule is c1cnn(-c2cc(NCC3CC3)ncn2)c1. The highest BCUT2D eigenvalue weighted by molar-refractivity contribution is 5.40. The highest BCUT2D eigenvalue weighted by Gasteiger charge is 2.20. The van der Waals surface area contributed by atoms with E-state index in [-0.39, 0.29) is 0 Å². The van der Waals surface area contributed by atoms with Crippen LogP contribution in [0.5, 0.6) is 0 Å². The van der Waals surface area contributed by atoms with E-state index < -0.39 is 0 Å². The molecular weight excluding hydrogens is 202 g/mol. The highest BCUT2D eigenvalue weighted by atomic mass is 15.3. The Labute approximate surface area is 93.5 Å². The molecule has 0 atom stereocenters. The number of hydrogen-bond acceptors (Lipinski definition) is 4. The summed E-state index contributed by atoms with van der Waals surface area (Å²) in [6.07, 6.45) is 7.84. The van der Waals surface area contributed by atoms with E-state index in [1.54, 1.807) is 17.2 Å². The van der Waals surface area contributed by atoms with Crippen molar-refractivity contribution in [3.05, 3.63) is 30.9 Å². The van der Waals surface area contributed by atoms with Crippen molar-refractivity contribution >= 4 is 5.82 Å². The van der Waals surface area contributed by atoms with E-state index in [4.69, 9.17) is 0 Å². The van der Waals surface area contributed by atoms with Crippen molar-refractivity contribution < 1.29 is 0 Å². The molecule has 5 nitrogen and oxygen atoms in total. The summed E-state index contributed by atoms with van der Waals surface area (Å²) < 4.78 is 1.73. The predicted molar refractivity (Wildman–Crippen MR) is 60.4 cm³/mol. The molecule has 0 bridgehead atoms. The summed E-state index contributed by atoms with van der Waals surface area (Å²) in [6.45, 7) is 1.01. The molecule has 0 aliphatic heterocycles. The van der Waals surface area contributed by atoms with Gasteiger partial charge in [-0.3, -0.25) is 0 Å². The summed E-state index contributed by atoms with van der Waals surface area (Å²) in [7, 11) is 0. The van der Waals surface area contributed by atoms with Crippen molar-refractivity contribution in [3.63, 3.8) is 0 Å². The van der Waals surface area contributed by atoms with Crippen molar-refractivity contribution in [2.75, 3.05) is 11.9 Å². The van der Waals surface area contributed by atoms with E-state index in [9.17, 15) is 0 Å². The molecule has 1 aliphatic rings. The lowest BCUT2D eigenvalue weighted by Crippen LogP contribution is -2.07. The van der Waals surface area contributed by atoms with Crippen LogP contribution in [0.2, 0.25) is 0 Å². The van der Waals surface area contributed by atoms with Crippen LogP contribution in [0.3, 0.4) is 0 Å². The monoisotopic (exact) mass is 215 g/mol. The Hall–Kier alpha value is -1.91. The first-order valence-corrected chi connectivity index (χ1v) is 5.48. The van der Waals surface area contributed by atoms with Crippen LogP contribution < -0.4 is 5.32 Å². The number of anilines is 1. The van der Waals surface area contributed by atoms with Gasteiger partial charge in [-0.2, -0.15) is 5.10 Å². The molecule has 0 aromatic carbocycles. The second-order valence-electron chi connectivity index (χ2n) is 4.04. The van der Waals surface area contributed by atoms with E-state index in [1.165, 1.54) is 12.8 Å². The molecule has 16 heavy (non-hydrogen) atoms. The molecule has 2 aromatic heterocycles. The largest absolute Gasteiger partial charge is 0.370 e. The van der Waals surface area contributed by atoms with Gasteiger partial charge in [0.2, 0.25) is 0 Å². The zero-order chi connectivity index (χ0) is 10.8. The van der Waals surface area contributed by atoms with E-state index in [0.717, 1.165) is 24.1 Å². The molecule has 0 unspecified atom stereocenters. The molecule has 1 saturated carbocycles. The van der Waals surface area contributed by atoms with Crippen LogP contribution in [0.25, 0.3) is 5.82 Å². The maximum Gasteiger partial charge on any atom is 0.158 e. The summed E-state index contributed by atoms with van der Waals surface area (Å²) in [5.41, 5.74) is 0. The minimum Gasteiger partial charge on any atom is -0.370 e. The average molecular weight is 215 g/mol. The average Bonchev–Trinajstić information content (AvgIpc) is 2.99. The molecule has 82 valence electrons. The van der Waals surface area contributed by atoms with Gasteiger partial charge >= 0.3 is 0 Å². The van der Waals surface area contributed by atoms with Gasteiger partial charge in [-0.15, -0.1) is 0 Å².